The average Bonchev–Trinajstić information content (AvgIpc) is 3.49. The van der Waals surface area contributed by atoms with E-state index in [1.54, 1.807) is 11.0 Å². The summed E-state index contributed by atoms with van der Waals surface area (Å²) in [6.07, 6.45) is 3.63. The number of ether oxygens (including phenoxy) is 1. The molecular weight excluding hydrogens is 448 g/mol. The molecule has 0 bridgehead atoms. The van der Waals surface area contributed by atoms with Crippen LogP contribution in [0.4, 0.5) is 4.79 Å². The normalized spacial score (nSPS) is 17.2. The highest BCUT2D eigenvalue weighted by Gasteiger charge is 2.37. The summed E-state index contributed by atoms with van der Waals surface area (Å²) in [5.41, 5.74) is 1.77. The van der Waals surface area contributed by atoms with E-state index in [2.05, 4.69) is 0 Å². The molecule has 0 aromatic heterocycles. The fourth-order valence-corrected chi connectivity index (χ4v) is 5.07. The maximum Gasteiger partial charge on any atom is 0.294 e. The number of rotatable bonds is 6. The lowest BCUT2D eigenvalue weighted by atomic mass is 10.0. The molecule has 5 rings (SSSR count). The maximum atomic E-state index is 13.1. The Balaban J connectivity index is 1.44. The van der Waals surface area contributed by atoms with Gasteiger partial charge in [0.15, 0.2) is 0 Å². The van der Waals surface area contributed by atoms with Crippen LogP contribution in [-0.4, -0.2) is 46.5 Å². The molecule has 172 valence electrons. The number of hydrogen-bond acceptors (Lipinski definition) is 5. The predicted molar refractivity (Wildman–Crippen MR) is 133 cm³/mol. The molecule has 0 saturated carbocycles. The molecule has 0 atom stereocenters. The first-order valence-electron chi connectivity index (χ1n) is 11.3. The minimum atomic E-state index is -0.440. The van der Waals surface area contributed by atoms with E-state index in [4.69, 9.17) is 4.74 Å². The number of amides is 3. The van der Waals surface area contributed by atoms with Gasteiger partial charge in [-0.1, -0.05) is 60.7 Å². The van der Waals surface area contributed by atoms with E-state index in [0.717, 1.165) is 51.4 Å². The molecule has 2 aliphatic heterocycles. The van der Waals surface area contributed by atoms with Crippen molar-refractivity contribution in [2.24, 2.45) is 0 Å². The fourth-order valence-electron chi connectivity index (χ4n) is 4.25. The lowest BCUT2D eigenvalue weighted by Crippen LogP contribution is -2.40. The van der Waals surface area contributed by atoms with Gasteiger partial charge in [0.05, 0.1) is 4.91 Å². The van der Waals surface area contributed by atoms with Gasteiger partial charge >= 0.3 is 0 Å². The summed E-state index contributed by atoms with van der Waals surface area (Å²) in [7, 11) is 0. The van der Waals surface area contributed by atoms with Gasteiger partial charge in [0.25, 0.3) is 11.1 Å². The Hall–Kier alpha value is -3.58. The molecule has 7 heteroatoms. The van der Waals surface area contributed by atoms with Crippen LogP contribution in [0.2, 0.25) is 0 Å². The van der Waals surface area contributed by atoms with Gasteiger partial charge in [-0.15, -0.1) is 0 Å². The summed E-state index contributed by atoms with van der Waals surface area (Å²) in [5.74, 6) is 0.00470. The Morgan fingerprint density at radius 2 is 1.68 bits per heavy atom. The monoisotopic (exact) mass is 472 g/mol. The minimum absolute atomic E-state index is 0.182. The number of carbonyl (C=O) groups excluding carboxylic acids is 3. The molecular formula is C27H24N2O4S. The Labute approximate surface area is 202 Å². The van der Waals surface area contributed by atoms with Crippen molar-refractivity contribution in [3.05, 3.63) is 82.8 Å². The van der Waals surface area contributed by atoms with Crippen LogP contribution in [0.3, 0.4) is 0 Å². The molecule has 3 aromatic rings. The number of benzene rings is 3. The van der Waals surface area contributed by atoms with Crippen LogP contribution in [0.1, 0.15) is 24.0 Å². The van der Waals surface area contributed by atoms with E-state index in [0.29, 0.717) is 30.4 Å². The van der Waals surface area contributed by atoms with Crippen molar-refractivity contribution < 1.29 is 19.1 Å². The molecule has 0 aliphatic carbocycles. The first-order valence-corrected chi connectivity index (χ1v) is 12.1. The summed E-state index contributed by atoms with van der Waals surface area (Å²) in [4.78, 5) is 41.3. The smallest absolute Gasteiger partial charge is 0.294 e. The van der Waals surface area contributed by atoms with Crippen LogP contribution in [0, 0.1) is 0 Å². The van der Waals surface area contributed by atoms with E-state index in [1.165, 1.54) is 0 Å². The third-order valence-corrected chi connectivity index (χ3v) is 6.98. The van der Waals surface area contributed by atoms with Crippen molar-refractivity contribution in [1.82, 2.24) is 9.80 Å². The number of hydrogen-bond donors (Lipinski definition) is 0. The van der Waals surface area contributed by atoms with Gasteiger partial charge in [-0.25, -0.2) is 0 Å². The number of carbonyl (C=O) groups is 3. The Morgan fingerprint density at radius 1 is 0.941 bits per heavy atom. The first kappa shape index (κ1) is 22.2. The van der Waals surface area contributed by atoms with Crippen LogP contribution in [0.5, 0.6) is 5.75 Å². The Bertz CT molecular complexity index is 1280. The summed E-state index contributed by atoms with van der Waals surface area (Å²) in [6.45, 7) is 1.53. The fraction of sp³-hybridized carbons (Fsp3) is 0.222. The summed E-state index contributed by atoms with van der Waals surface area (Å²) >= 11 is 0.865. The topological polar surface area (TPSA) is 66.9 Å². The lowest BCUT2D eigenvalue weighted by Gasteiger charge is -2.18. The van der Waals surface area contributed by atoms with Crippen LogP contribution in [0.25, 0.3) is 16.8 Å². The molecule has 34 heavy (non-hydrogen) atoms. The van der Waals surface area contributed by atoms with Gasteiger partial charge in [-0.3, -0.25) is 19.3 Å². The van der Waals surface area contributed by atoms with Gasteiger partial charge in [0, 0.05) is 18.7 Å². The van der Waals surface area contributed by atoms with Gasteiger partial charge in [0.1, 0.15) is 18.9 Å². The van der Waals surface area contributed by atoms with Gasteiger partial charge in [-0.2, -0.15) is 0 Å². The van der Waals surface area contributed by atoms with Crippen molar-refractivity contribution >= 4 is 45.7 Å². The van der Waals surface area contributed by atoms with Crippen LogP contribution in [0.15, 0.2) is 71.6 Å². The van der Waals surface area contributed by atoms with Crippen molar-refractivity contribution in [2.45, 2.75) is 19.4 Å². The van der Waals surface area contributed by atoms with Crippen molar-refractivity contribution in [3.8, 4) is 5.75 Å². The molecule has 2 fully saturated rings. The molecule has 2 aliphatic rings. The van der Waals surface area contributed by atoms with Gasteiger partial charge in [0.2, 0.25) is 5.91 Å². The third-order valence-electron chi connectivity index (χ3n) is 6.07. The standard InChI is InChI=1S/C27H24N2O4S/c30-25(28-14-6-7-15-28)17-29-26(31)24(34-27(29)32)16-22-21-11-5-4-10-20(21)12-13-23(22)33-18-19-8-2-1-3-9-19/h1-5,8-13,16H,6-7,14-15,17-18H2/b24-16-. The molecule has 6 nitrogen and oxygen atoms in total. The Morgan fingerprint density at radius 3 is 2.47 bits per heavy atom. The third kappa shape index (κ3) is 4.56. The van der Waals surface area contributed by atoms with Crippen LogP contribution < -0.4 is 4.74 Å². The highest BCUT2D eigenvalue weighted by atomic mass is 32.2. The molecule has 0 unspecified atom stereocenters. The zero-order valence-electron chi connectivity index (χ0n) is 18.6. The second-order valence-electron chi connectivity index (χ2n) is 8.33. The molecule has 3 amide bonds. The lowest BCUT2D eigenvalue weighted by molar-refractivity contribution is -0.135. The number of fused-ring (bicyclic) bond motifs is 1. The molecule has 0 radical (unpaired) electrons. The number of likely N-dealkylation sites (tertiary alicyclic amines) is 1. The highest BCUT2D eigenvalue weighted by Crippen LogP contribution is 2.37. The van der Waals surface area contributed by atoms with Crippen molar-refractivity contribution in [2.75, 3.05) is 19.6 Å². The van der Waals surface area contributed by atoms with Crippen LogP contribution in [-0.2, 0) is 16.2 Å². The predicted octanol–water partition coefficient (Wildman–Crippen LogP) is 5.08. The molecule has 0 N–H and O–H groups in total. The number of imide groups is 1. The van der Waals surface area contributed by atoms with Crippen LogP contribution >= 0.6 is 11.8 Å². The maximum absolute atomic E-state index is 13.1. The average molecular weight is 473 g/mol. The van der Waals surface area contributed by atoms with E-state index in [1.807, 2.05) is 66.7 Å². The van der Waals surface area contributed by atoms with Crippen molar-refractivity contribution in [3.63, 3.8) is 0 Å². The van der Waals surface area contributed by atoms with E-state index >= 15 is 0 Å². The van der Waals surface area contributed by atoms with E-state index in [9.17, 15) is 14.4 Å². The van der Waals surface area contributed by atoms with Gasteiger partial charge in [-0.05, 0) is 53.1 Å². The second-order valence-corrected chi connectivity index (χ2v) is 9.32. The molecule has 2 heterocycles. The second kappa shape index (κ2) is 9.73. The zero-order valence-corrected chi connectivity index (χ0v) is 19.4. The summed E-state index contributed by atoms with van der Waals surface area (Å²) < 4.78 is 6.14. The highest BCUT2D eigenvalue weighted by molar-refractivity contribution is 8.18. The zero-order chi connectivity index (χ0) is 23.5. The first-order chi connectivity index (χ1) is 16.6. The quantitative estimate of drug-likeness (QED) is 0.468. The SMILES string of the molecule is O=C(CN1C(=O)S/C(=C\c2c(OCc3ccccc3)ccc3ccccc23)C1=O)N1CCCC1. The van der Waals surface area contributed by atoms with E-state index in [-0.39, 0.29) is 12.5 Å². The van der Waals surface area contributed by atoms with Crippen molar-refractivity contribution in [1.29, 1.82) is 0 Å². The summed E-state index contributed by atoms with van der Waals surface area (Å²) in [5, 5.41) is 1.51. The summed E-state index contributed by atoms with van der Waals surface area (Å²) in [6, 6.07) is 21.6. The molecule has 0 spiro atoms. The molecule has 2 saturated heterocycles. The number of nitrogens with zero attached hydrogens (tertiary/aromatic N) is 2. The Kier molecular flexibility index (Phi) is 6.36. The number of thioether (sulfide) groups is 1. The molecule has 3 aromatic carbocycles. The minimum Gasteiger partial charge on any atom is -0.488 e. The van der Waals surface area contributed by atoms with E-state index < -0.39 is 11.1 Å². The largest absolute Gasteiger partial charge is 0.488 e. The van der Waals surface area contributed by atoms with Gasteiger partial charge < -0.3 is 9.64 Å².